The standard InChI is InChI=1S/C19H17N5O3/c1-27-11-10-24-17(14-7-3-5-9-16(14)22-19(24)26)23-18(25)21-15-8-4-2-6-13(15)12-20/h2-9,14H,10-11H2,1H3,(H,21,25)/b23-17+. The number of aliphatic imine (C=N–C) groups is 2. The molecule has 1 unspecified atom stereocenters. The Morgan fingerprint density at radius 1 is 1.41 bits per heavy atom. The van der Waals surface area contributed by atoms with E-state index in [4.69, 9.17) is 10.00 Å². The lowest BCUT2D eigenvalue weighted by molar-refractivity contribution is 0.174. The third kappa shape index (κ3) is 3.99. The van der Waals surface area contributed by atoms with Gasteiger partial charge in [0.05, 0.1) is 36.0 Å². The van der Waals surface area contributed by atoms with Crippen LogP contribution in [-0.2, 0) is 4.74 Å². The molecule has 1 aromatic carbocycles. The van der Waals surface area contributed by atoms with E-state index in [1.807, 2.05) is 18.2 Å². The van der Waals surface area contributed by atoms with Crippen molar-refractivity contribution in [3.8, 4) is 6.07 Å². The average molecular weight is 363 g/mol. The molecule has 1 atom stereocenters. The van der Waals surface area contributed by atoms with Crippen molar-refractivity contribution in [3.05, 3.63) is 54.1 Å². The number of anilines is 1. The summed E-state index contributed by atoms with van der Waals surface area (Å²) in [7, 11) is 1.52. The summed E-state index contributed by atoms with van der Waals surface area (Å²) in [4.78, 5) is 34.4. The molecule has 1 N–H and O–H groups in total. The van der Waals surface area contributed by atoms with Crippen LogP contribution in [0.3, 0.4) is 0 Å². The lowest BCUT2D eigenvalue weighted by Gasteiger charge is -2.31. The molecule has 0 aromatic heterocycles. The minimum absolute atomic E-state index is 0.223. The first-order valence-electron chi connectivity index (χ1n) is 8.26. The number of urea groups is 2. The molecule has 0 bridgehead atoms. The molecular weight excluding hydrogens is 346 g/mol. The Morgan fingerprint density at radius 2 is 2.22 bits per heavy atom. The number of nitrogens with one attached hydrogen (secondary N) is 1. The van der Waals surface area contributed by atoms with Crippen molar-refractivity contribution in [1.29, 1.82) is 5.26 Å². The second-order valence-electron chi connectivity index (χ2n) is 5.74. The molecular formula is C19H17N5O3. The fourth-order valence-electron chi connectivity index (χ4n) is 2.75. The first kappa shape index (κ1) is 18.2. The number of carbonyl (C=O) groups is 2. The maximum atomic E-state index is 12.5. The number of carbonyl (C=O) groups excluding carboxylic acids is 2. The molecule has 4 amide bonds. The summed E-state index contributed by atoms with van der Waals surface area (Å²) in [5.74, 6) is -0.129. The first-order chi connectivity index (χ1) is 13.1. The number of nitrogens with zero attached hydrogens (tertiary/aromatic N) is 4. The number of rotatable bonds is 4. The summed E-state index contributed by atoms with van der Waals surface area (Å²) in [5.41, 5.74) is 1.21. The lowest BCUT2D eigenvalue weighted by atomic mass is 9.95. The van der Waals surface area contributed by atoms with Gasteiger partial charge in [-0.1, -0.05) is 30.4 Å². The van der Waals surface area contributed by atoms with Gasteiger partial charge in [-0.3, -0.25) is 4.90 Å². The predicted molar refractivity (Wildman–Crippen MR) is 101 cm³/mol. The zero-order chi connectivity index (χ0) is 19.2. The van der Waals surface area contributed by atoms with Crippen molar-refractivity contribution >= 4 is 29.3 Å². The van der Waals surface area contributed by atoms with E-state index in [9.17, 15) is 9.59 Å². The summed E-state index contributed by atoms with van der Waals surface area (Å²) in [6, 6.07) is 7.45. The molecule has 8 nitrogen and oxygen atoms in total. The van der Waals surface area contributed by atoms with Gasteiger partial charge in [-0.2, -0.15) is 15.2 Å². The third-order valence-electron chi connectivity index (χ3n) is 4.03. The van der Waals surface area contributed by atoms with E-state index in [2.05, 4.69) is 15.3 Å². The van der Waals surface area contributed by atoms with Crippen molar-refractivity contribution in [3.63, 3.8) is 0 Å². The number of nitriles is 1. The van der Waals surface area contributed by atoms with Gasteiger partial charge < -0.3 is 10.1 Å². The van der Waals surface area contributed by atoms with Crippen LogP contribution in [0, 0.1) is 17.2 Å². The van der Waals surface area contributed by atoms with Crippen LogP contribution in [0.5, 0.6) is 0 Å². The molecule has 1 aliphatic heterocycles. The van der Waals surface area contributed by atoms with Crippen LogP contribution in [0.15, 0.2) is 58.6 Å². The summed E-state index contributed by atoms with van der Waals surface area (Å²) in [6.07, 6.45) is 7.12. The van der Waals surface area contributed by atoms with Gasteiger partial charge in [-0.05, 0) is 18.2 Å². The molecule has 0 saturated carbocycles. The molecule has 0 saturated heterocycles. The van der Waals surface area contributed by atoms with Gasteiger partial charge in [0.1, 0.15) is 11.9 Å². The molecule has 1 aromatic rings. The number of amidine groups is 1. The largest absolute Gasteiger partial charge is 0.383 e. The number of fused-ring (bicyclic) bond motifs is 1. The van der Waals surface area contributed by atoms with E-state index in [0.29, 0.717) is 17.0 Å². The molecule has 3 rings (SSSR count). The normalized spacial score (nSPS) is 19.5. The Morgan fingerprint density at radius 3 is 3.00 bits per heavy atom. The van der Waals surface area contributed by atoms with Gasteiger partial charge in [-0.15, -0.1) is 0 Å². The van der Waals surface area contributed by atoms with Gasteiger partial charge in [0.25, 0.3) is 0 Å². The Balaban J connectivity index is 1.92. The van der Waals surface area contributed by atoms with Crippen LogP contribution in [0.4, 0.5) is 15.3 Å². The smallest absolute Gasteiger partial charge is 0.349 e. The quantitative estimate of drug-likeness (QED) is 0.887. The zero-order valence-corrected chi connectivity index (χ0v) is 14.6. The summed E-state index contributed by atoms with van der Waals surface area (Å²) < 4.78 is 5.04. The maximum Gasteiger partial charge on any atom is 0.349 e. The summed E-state index contributed by atoms with van der Waals surface area (Å²) in [6.45, 7) is 0.502. The number of hydrogen-bond donors (Lipinski definition) is 1. The highest BCUT2D eigenvalue weighted by molar-refractivity contribution is 6.24. The van der Waals surface area contributed by atoms with Crippen LogP contribution in [-0.4, -0.2) is 48.8 Å². The Labute approximate surface area is 156 Å². The van der Waals surface area contributed by atoms with Gasteiger partial charge in [0.2, 0.25) is 0 Å². The van der Waals surface area contributed by atoms with Crippen molar-refractivity contribution in [2.75, 3.05) is 25.6 Å². The minimum Gasteiger partial charge on any atom is -0.383 e. The van der Waals surface area contributed by atoms with Crippen LogP contribution < -0.4 is 5.32 Å². The highest BCUT2D eigenvalue weighted by Gasteiger charge is 2.34. The van der Waals surface area contributed by atoms with E-state index in [0.717, 1.165) is 0 Å². The molecule has 0 fully saturated rings. The van der Waals surface area contributed by atoms with Crippen LogP contribution in [0.25, 0.3) is 0 Å². The molecule has 0 radical (unpaired) electrons. The SMILES string of the molecule is COCCN1C(=O)N=C2C=CC=CC2/C1=N\C(=O)Nc1ccccc1C#N. The molecule has 2 aliphatic rings. The first-order valence-corrected chi connectivity index (χ1v) is 8.26. The summed E-state index contributed by atoms with van der Waals surface area (Å²) >= 11 is 0. The number of benzene rings is 1. The number of hydrogen-bond acceptors (Lipinski definition) is 4. The molecule has 0 spiro atoms. The molecule has 136 valence electrons. The monoisotopic (exact) mass is 363 g/mol. The second kappa shape index (κ2) is 8.21. The molecule has 1 aliphatic carbocycles. The topological polar surface area (TPSA) is 107 Å². The molecule has 8 heteroatoms. The summed E-state index contributed by atoms with van der Waals surface area (Å²) in [5, 5.41) is 11.7. The van der Waals surface area contributed by atoms with E-state index in [-0.39, 0.29) is 19.0 Å². The van der Waals surface area contributed by atoms with Crippen LogP contribution in [0.2, 0.25) is 0 Å². The van der Waals surface area contributed by atoms with Crippen molar-refractivity contribution in [1.82, 2.24) is 4.90 Å². The maximum absolute atomic E-state index is 12.5. The van der Waals surface area contributed by atoms with Crippen molar-refractivity contribution < 1.29 is 14.3 Å². The van der Waals surface area contributed by atoms with E-state index >= 15 is 0 Å². The number of ether oxygens (including phenoxy) is 1. The number of methoxy groups -OCH3 is 1. The fourth-order valence-corrected chi connectivity index (χ4v) is 2.75. The van der Waals surface area contributed by atoms with E-state index < -0.39 is 18.0 Å². The highest BCUT2D eigenvalue weighted by Crippen LogP contribution is 2.21. The number of para-hydroxylation sites is 1. The minimum atomic E-state index is -0.674. The second-order valence-corrected chi connectivity index (χ2v) is 5.74. The van der Waals surface area contributed by atoms with Gasteiger partial charge >= 0.3 is 12.1 Å². The van der Waals surface area contributed by atoms with Gasteiger partial charge in [0, 0.05) is 7.11 Å². The van der Waals surface area contributed by atoms with Crippen molar-refractivity contribution in [2.45, 2.75) is 0 Å². The van der Waals surface area contributed by atoms with Gasteiger partial charge in [0.15, 0.2) is 0 Å². The van der Waals surface area contributed by atoms with Crippen LogP contribution >= 0.6 is 0 Å². The molecule has 1 heterocycles. The number of allylic oxidation sites excluding steroid dienone is 3. The lowest BCUT2D eigenvalue weighted by Crippen LogP contribution is -2.48. The Bertz CT molecular complexity index is 924. The fraction of sp³-hybridized carbons (Fsp3) is 0.211. The van der Waals surface area contributed by atoms with Crippen molar-refractivity contribution in [2.24, 2.45) is 15.9 Å². The average Bonchev–Trinajstić information content (AvgIpc) is 2.68. The Hall–Kier alpha value is -3.57. The van der Waals surface area contributed by atoms with E-state index in [1.54, 1.807) is 36.4 Å². The number of amides is 4. The van der Waals surface area contributed by atoms with E-state index in [1.165, 1.54) is 12.0 Å². The van der Waals surface area contributed by atoms with Crippen LogP contribution in [0.1, 0.15) is 5.56 Å². The molecule has 27 heavy (non-hydrogen) atoms. The third-order valence-corrected chi connectivity index (χ3v) is 4.03. The van der Waals surface area contributed by atoms with Gasteiger partial charge in [-0.25, -0.2) is 9.59 Å². The highest BCUT2D eigenvalue weighted by atomic mass is 16.5. The predicted octanol–water partition coefficient (Wildman–Crippen LogP) is 2.75. The Kier molecular flexibility index (Phi) is 5.54. The zero-order valence-electron chi connectivity index (χ0n) is 14.6.